The summed E-state index contributed by atoms with van der Waals surface area (Å²) in [5.41, 5.74) is 1.77. The van der Waals surface area contributed by atoms with Crippen LogP contribution in [0.4, 0.5) is 10.6 Å². The van der Waals surface area contributed by atoms with Crippen LogP contribution in [0.15, 0.2) is 24.3 Å². The number of nitrogens with zero attached hydrogens (tertiary/aromatic N) is 3. The molecule has 0 radical (unpaired) electrons. The second-order valence-corrected chi connectivity index (χ2v) is 8.19. The fraction of sp³-hybridized carbons (Fsp3) is 0.524. The molecule has 0 aliphatic carbocycles. The molecule has 1 aromatic heterocycles. The van der Waals surface area contributed by atoms with Gasteiger partial charge in [0.25, 0.3) is 0 Å². The summed E-state index contributed by atoms with van der Waals surface area (Å²) in [6, 6.07) is 7.22. The molecule has 1 aliphatic rings. The van der Waals surface area contributed by atoms with Crippen molar-refractivity contribution in [2.45, 2.75) is 46.2 Å². The predicted octanol–water partition coefficient (Wildman–Crippen LogP) is 4.59. The molecule has 3 rings (SSSR count). The summed E-state index contributed by atoms with van der Waals surface area (Å²) < 4.78 is 13.1. The quantitative estimate of drug-likeness (QED) is 0.707. The van der Waals surface area contributed by atoms with Gasteiger partial charge in [-0.1, -0.05) is 25.4 Å². The van der Waals surface area contributed by atoms with E-state index in [0.29, 0.717) is 56.0 Å². The minimum Gasteiger partial charge on any atom is -0.493 e. The summed E-state index contributed by atoms with van der Waals surface area (Å²) in [5, 5.41) is 15.0. The smallest absolute Gasteiger partial charge is 0.413 e. The normalized spacial score (nSPS) is 14.9. The summed E-state index contributed by atoms with van der Waals surface area (Å²) in [6.07, 6.45) is 0.338. The monoisotopic (exact) mass is 421 g/mol. The number of benzene rings is 1. The molecule has 0 atom stereocenters. The van der Waals surface area contributed by atoms with Crippen molar-refractivity contribution in [2.75, 3.05) is 24.7 Å². The number of ether oxygens (including phenoxy) is 2. The van der Waals surface area contributed by atoms with Crippen molar-refractivity contribution in [3.63, 3.8) is 0 Å². The van der Waals surface area contributed by atoms with Gasteiger partial charge in [0, 0.05) is 41.6 Å². The van der Waals surface area contributed by atoms with Crippen LogP contribution in [0.2, 0.25) is 5.02 Å². The van der Waals surface area contributed by atoms with E-state index in [1.807, 2.05) is 25.1 Å². The molecule has 0 bridgehead atoms. The molecule has 1 saturated heterocycles. The molecule has 158 valence electrons. The molecule has 1 fully saturated rings. The van der Waals surface area contributed by atoms with Crippen molar-refractivity contribution >= 4 is 23.5 Å². The Morgan fingerprint density at radius 3 is 2.76 bits per heavy atom. The first-order valence-electron chi connectivity index (χ1n) is 9.90. The molecule has 1 amide bonds. The van der Waals surface area contributed by atoms with Crippen molar-refractivity contribution in [1.82, 2.24) is 9.78 Å². The molecule has 0 unspecified atom stereocenters. The number of amides is 1. The minimum absolute atomic E-state index is 0.125. The SMILES string of the molecule is Cc1cc(N(C(=O)O)C2CCOCC2)nn1Cc1cc(Cl)ccc1OCC(C)C. The van der Waals surface area contributed by atoms with Crippen molar-refractivity contribution in [3.8, 4) is 5.75 Å². The van der Waals surface area contributed by atoms with Gasteiger partial charge in [-0.15, -0.1) is 0 Å². The Hall–Kier alpha value is -2.25. The second kappa shape index (κ2) is 9.50. The van der Waals surface area contributed by atoms with Crippen LogP contribution in [0.1, 0.15) is 37.9 Å². The molecule has 1 aromatic carbocycles. The van der Waals surface area contributed by atoms with Crippen molar-refractivity contribution < 1.29 is 19.4 Å². The molecule has 0 spiro atoms. The maximum atomic E-state index is 11.9. The van der Waals surface area contributed by atoms with Gasteiger partial charge >= 0.3 is 6.09 Å². The summed E-state index contributed by atoms with van der Waals surface area (Å²) in [7, 11) is 0. The van der Waals surface area contributed by atoms with Crippen LogP contribution in [-0.2, 0) is 11.3 Å². The highest BCUT2D eigenvalue weighted by Gasteiger charge is 2.29. The van der Waals surface area contributed by atoms with Crippen LogP contribution in [-0.4, -0.2) is 46.8 Å². The highest BCUT2D eigenvalue weighted by molar-refractivity contribution is 6.30. The van der Waals surface area contributed by atoms with Crippen molar-refractivity contribution in [3.05, 3.63) is 40.5 Å². The highest BCUT2D eigenvalue weighted by Crippen LogP contribution is 2.27. The van der Waals surface area contributed by atoms with Crippen LogP contribution in [0.25, 0.3) is 0 Å². The maximum absolute atomic E-state index is 11.9. The summed E-state index contributed by atoms with van der Waals surface area (Å²) >= 11 is 6.20. The molecular weight excluding hydrogens is 394 g/mol. The maximum Gasteiger partial charge on any atom is 0.413 e. The highest BCUT2D eigenvalue weighted by atomic mass is 35.5. The summed E-state index contributed by atoms with van der Waals surface area (Å²) in [5.74, 6) is 1.60. The summed E-state index contributed by atoms with van der Waals surface area (Å²) in [6.45, 7) is 8.28. The van der Waals surface area contributed by atoms with E-state index in [9.17, 15) is 9.90 Å². The number of hydrogen-bond donors (Lipinski definition) is 1. The molecule has 2 aromatic rings. The third-order valence-electron chi connectivity index (χ3n) is 4.89. The molecule has 2 heterocycles. The number of halogens is 1. The fourth-order valence-electron chi connectivity index (χ4n) is 3.39. The van der Waals surface area contributed by atoms with Crippen LogP contribution in [0.5, 0.6) is 5.75 Å². The Bertz CT molecular complexity index is 846. The molecule has 29 heavy (non-hydrogen) atoms. The van der Waals surface area contributed by atoms with Crippen LogP contribution < -0.4 is 9.64 Å². The van der Waals surface area contributed by atoms with Gasteiger partial charge in [0.2, 0.25) is 0 Å². The number of aryl methyl sites for hydroxylation is 1. The first kappa shape index (κ1) is 21.5. The summed E-state index contributed by atoms with van der Waals surface area (Å²) in [4.78, 5) is 13.3. The largest absolute Gasteiger partial charge is 0.493 e. The van der Waals surface area contributed by atoms with Gasteiger partial charge in [-0.05, 0) is 43.9 Å². The van der Waals surface area contributed by atoms with Crippen LogP contribution in [0, 0.1) is 12.8 Å². The van der Waals surface area contributed by atoms with Gasteiger partial charge in [-0.2, -0.15) is 5.10 Å². The van der Waals surface area contributed by atoms with E-state index in [-0.39, 0.29) is 6.04 Å². The Labute approximate surface area is 176 Å². The second-order valence-electron chi connectivity index (χ2n) is 7.75. The van der Waals surface area contributed by atoms with Crippen molar-refractivity contribution in [2.24, 2.45) is 5.92 Å². The molecule has 7 nitrogen and oxygen atoms in total. The average Bonchev–Trinajstić information content (AvgIpc) is 3.01. The van der Waals surface area contributed by atoms with Gasteiger partial charge in [0.15, 0.2) is 5.82 Å². The third-order valence-corrected chi connectivity index (χ3v) is 5.13. The van der Waals surface area contributed by atoms with E-state index in [2.05, 4.69) is 18.9 Å². The van der Waals surface area contributed by atoms with Crippen LogP contribution in [0.3, 0.4) is 0 Å². The van der Waals surface area contributed by atoms with Gasteiger partial charge in [-0.3, -0.25) is 9.58 Å². The number of anilines is 1. The molecule has 1 aliphatic heterocycles. The zero-order valence-electron chi connectivity index (χ0n) is 17.1. The lowest BCUT2D eigenvalue weighted by Crippen LogP contribution is -2.43. The van der Waals surface area contributed by atoms with Gasteiger partial charge in [0.05, 0.1) is 13.2 Å². The van der Waals surface area contributed by atoms with E-state index in [4.69, 9.17) is 21.1 Å². The zero-order chi connectivity index (χ0) is 21.0. The Morgan fingerprint density at radius 1 is 1.38 bits per heavy atom. The Kier molecular flexibility index (Phi) is 7.03. The number of carbonyl (C=O) groups is 1. The first-order valence-corrected chi connectivity index (χ1v) is 10.3. The zero-order valence-corrected chi connectivity index (χ0v) is 17.9. The molecule has 1 N–H and O–H groups in total. The van der Waals surface area contributed by atoms with E-state index < -0.39 is 6.09 Å². The van der Waals surface area contributed by atoms with Gasteiger partial charge < -0.3 is 14.6 Å². The fourth-order valence-corrected chi connectivity index (χ4v) is 3.58. The standard InChI is InChI=1S/C21H28ClN3O4/c1-14(2)13-29-19-5-4-17(22)11-16(19)12-24-15(3)10-20(23-24)25(21(26)27)18-6-8-28-9-7-18/h4-5,10-11,14,18H,6-9,12-13H2,1-3H3,(H,26,27). The number of hydrogen-bond acceptors (Lipinski definition) is 4. The Balaban J connectivity index is 1.85. The van der Waals surface area contributed by atoms with Crippen molar-refractivity contribution in [1.29, 1.82) is 0 Å². The van der Waals surface area contributed by atoms with E-state index in [1.165, 1.54) is 4.90 Å². The average molecular weight is 422 g/mol. The lowest BCUT2D eigenvalue weighted by atomic mass is 10.1. The van der Waals surface area contributed by atoms with E-state index in [1.54, 1.807) is 10.7 Å². The molecular formula is C21H28ClN3O4. The lowest BCUT2D eigenvalue weighted by Gasteiger charge is -2.30. The predicted molar refractivity (Wildman–Crippen MR) is 112 cm³/mol. The minimum atomic E-state index is -0.995. The molecule has 0 saturated carbocycles. The Morgan fingerprint density at radius 2 is 2.10 bits per heavy atom. The first-order chi connectivity index (χ1) is 13.8. The molecule has 8 heteroatoms. The number of aromatic nitrogens is 2. The number of carboxylic acid groups (broad SMARTS) is 1. The van der Waals surface area contributed by atoms with Crippen LogP contribution >= 0.6 is 11.6 Å². The lowest BCUT2D eigenvalue weighted by molar-refractivity contribution is 0.0836. The topological polar surface area (TPSA) is 76.8 Å². The third kappa shape index (κ3) is 5.42. The van der Waals surface area contributed by atoms with Gasteiger partial charge in [0.1, 0.15) is 5.75 Å². The van der Waals surface area contributed by atoms with E-state index >= 15 is 0 Å². The number of rotatable bonds is 7. The van der Waals surface area contributed by atoms with Gasteiger partial charge in [-0.25, -0.2) is 4.79 Å². The van der Waals surface area contributed by atoms with E-state index in [0.717, 1.165) is 17.0 Å².